The molecule has 3 heterocycles. The Kier molecular flexibility index (Phi) is 8.94. The van der Waals surface area contributed by atoms with Gasteiger partial charge in [-0.1, -0.05) is 56.9 Å². The van der Waals surface area contributed by atoms with E-state index in [1.165, 1.54) is 0 Å². The smallest absolute Gasteiger partial charge is 0.410 e. The Balaban J connectivity index is 0.931. The normalized spacial score (nSPS) is 29.5. The maximum Gasteiger partial charge on any atom is 0.410 e. The molecule has 3 saturated carbocycles. The summed E-state index contributed by atoms with van der Waals surface area (Å²) in [5.41, 5.74) is 2.96. The van der Waals surface area contributed by atoms with Crippen LogP contribution in [0.5, 0.6) is 5.75 Å². The van der Waals surface area contributed by atoms with E-state index in [1.807, 2.05) is 42.7 Å². The predicted molar refractivity (Wildman–Crippen MR) is 196 cm³/mol. The van der Waals surface area contributed by atoms with E-state index in [4.69, 9.17) is 26.1 Å². The molecule has 0 N–H and O–H groups in total. The van der Waals surface area contributed by atoms with E-state index in [1.54, 1.807) is 23.8 Å². The van der Waals surface area contributed by atoms with E-state index < -0.39 is 5.60 Å². The maximum absolute atomic E-state index is 13.7. The number of nitriles is 1. The number of pyridine rings is 1. The van der Waals surface area contributed by atoms with Gasteiger partial charge in [-0.15, -0.1) is 0 Å². The fraction of sp³-hybridized carbons (Fsp3) is 0.571. The summed E-state index contributed by atoms with van der Waals surface area (Å²) in [6, 6.07) is 10.9. The fourth-order valence-electron chi connectivity index (χ4n) is 9.85. The zero-order valence-corrected chi connectivity index (χ0v) is 31.6. The first-order valence-electron chi connectivity index (χ1n) is 18.4. The molecule has 8 nitrogen and oxygen atoms in total. The third-order valence-corrected chi connectivity index (χ3v) is 12.1. The van der Waals surface area contributed by atoms with Crippen molar-refractivity contribution in [3.05, 3.63) is 69.5 Å². The summed E-state index contributed by atoms with van der Waals surface area (Å²) in [7, 11) is 0. The van der Waals surface area contributed by atoms with Gasteiger partial charge in [-0.05, 0) is 101 Å². The number of carbonyl (C=O) groups is 2. The summed E-state index contributed by atoms with van der Waals surface area (Å²) in [5, 5.41) is 9.60. The zero-order chi connectivity index (χ0) is 36.5. The molecule has 3 aliphatic carbocycles. The number of aromatic nitrogens is 1. The molecule has 4 fully saturated rings. The van der Waals surface area contributed by atoms with Crippen molar-refractivity contribution in [2.75, 3.05) is 13.1 Å². The molecule has 1 saturated heterocycles. The van der Waals surface area contributed by atoms with Crippen LogP contribution in [0.4, 0.5) is 4.79 Å². The highest BCUT2D eigenvalue weighted by molar-refractivity contribution is 6.31. The van der Waals surface area contributed by atoms with Crippen LogP contribution in [0.25, 0.3) is 0 Å². The SMILES string of the molecule is CC(C)(C)OC(=O)N1CC2CC/C(=C/C3CC(C#Cc4ccc5c(n4)CN([C@H]4C(C)(C)[C@H](Oc6ccc(C#N)c(Cl)c6)C4(C)C)C5=O)C3)CC2C1. The second-order valence-electron chi connectivity index (χ2n) is 17.6. The van der Waals surface area contributed by atoms with Crippen molar-refractivity contribution in [1.29, 1.82) is 5.26 Å². The number of carbonyl (C=O) groups excluding carboxylic acids is 2. The van der Waals surface area contributed by atoms with E-state index in [9.17, 15) is 14.9 Å². The van der Waals surface area contributed by atoms with Crippen LogP contribution in [0.15, 0.2) is 42.0 Å². The minimum absolute atomic E-state index is 0.00193. The van der Waals surface area contributed by atoms with Crippen molar-refractivity contribution in [3.63, 3.8) is 0 Å². The zero-order valence-electron chi connectivity index (χ0n) is 30.9. The van der Waals surface area contributed by atoms with Gasteiger partial charge in [0, 0.05) is 41.9 Å². The van der Waals surface area contributed by atoms with Crippen molar-refractivity contribution in [1.82, 2.24) is 14.8 Å². The van der Waals surface area contributed by atoms with Crippen molar-refractivity contribution < 1.29 is 19.1 Å². The third-order valence-electron chi connectivity index (χ3n) is 11.8. The monoisotopic (exact) mass is 708 g/mol. The van der Waals surface area contributed by atoms with Crippen LogP contribution in [-0.4, -0.2) is 57.6 Å². The highest BCUT2D eigenvalue weighted by Crippen LogP contribution is 2.59. The molecule has 2 aliphatic heterocycles. The molecule has 1 aromatic carbocycles. The van der Waals surface area contributed by atoms with Gasteiger partial charge >= 0.3 is 6.09 Å². The van der Waals surface area contributed by atoms with Crippen molar-refractivity contribution in [3.8, 4) is 23.7 Å². The topological polar surface area (TPSA) is 95.8 Å². The lowest BCUT2D eigenvalue weighted by atomic mass is 9.49. The number of halogens is 1. The number of allylic oxidation sites excluding steroid dienone is 2. The standard InChI is InChI=1S/C42H49ClN4O4/c1-40(2,3)51-39(49)46-22-29-10-8-26(19-30(29)23-46)18-27-16-25(17-27)9-12-31-13-15-33-35(45-31)24-47(36(33)48)37-41(4,5)38(42(37,6)7)50-32-14-11-28(21-44)34(43)20-32/h11,13-15,18,20,25,27,29-30,37-38H,8,10,16-17,19,22-24H2,1-7H3/b26-18-/t25?,27?,29?,30?,37-,38-. The average Bonchev–Trinajstić information content (AvgIpc) is 3.60. The van der Waals surface area contributed by atoms with Crippen molar-refractivity contribution in [2.45, 2.75) is 105 Å². The molecule has 1 aromatic heterocycles. The first kappa shape index (κ1) is 35.4. The maximum atomic E-state index is 13.7. The van der Waals surface area contributed by atoms with Crippen LogP contribution in [-0.2, 0) is 11.3 Å². The molecule has 7 rings (SSSR count). The molecule has 268 valence electrons. The number of fused-ring (bicyclic) bond motifs is 2. The second kappa shape index (κ2) is 12.9. The molecule has 2 atom stereocenters. The van der Waals surface area contributed by atoms with Gasteiger partial charge < -0.3 is 19.3 Å². The van der Waals surface area contributed by atoms with E-state index in [-0.39, 0.29) is 35.0 Å². The summed E-state index contributed by atoms with van der Waals surface area (Å²) >= 11 is 6.28. The first-order chi connectivity index (χ1) is 24.0. The molecule has 0 spiro atoms. The Morgan fingerprint density at radius 2 is 1.80 bits per heavy atom. The van der Waals surface area contributed by atoms with E-state index in [2.05, 4.69) is 51.7 Å². The minimum Gasteiger partial charge on any atom is -0.489 e. The molecule has 9 heteroatoms. The number of rotatable bonds is 4. The van der Waals surface area contributed by atoms with Crippen LogP contribution in [0.1, 0.15) is 108 Å². The Bertz CT molecular complexity index is 1870. The Hall–Kier alpha value is -4.01. The molecule has 0 radical (unpaired) electrons. The molecule has 2 unspecified atom stereocenters. The number of amides is 2. The Morgan fingerprint density at radius 3 is 2.49 bits per heavy atom. The Labute approximate surface area is 307 Å². The number of benzene rings is 1. The molecule has 2 aromatic rings. The van der Waals surface area contributed by atoms with Gasteiger partial charge in [0.15, 0.2) is 0 Å². The van der Waals surface area contributed by atoms with Gasteiger partial charge in [-0.2, -0.15) is 5.26 Å². The molecule has 5 aliphatic rings. The van der Waals surface area contributed by atoms with Crippen LogP contribution in [0.3, 0.4) is 0 Å². The second-order valence-corrected chi connectivity index (χ2v) is 18.0. The number of ether oxygens (including phenoxy) is 2. The van der Waals surface area contributed by atoms with Crippen molar-refractivity contribution in [2.24, 2.45) is 34.5 Å². The summed E-state index contributed by atoms with van der Waals surface area (Å²) in [5.74, 6) is 9.42. The number of hydrogen-bond donors (Lipinski definition) is 0. The Morgan fingerprint density at radius 1 is 1.08 bits per heavy atom. The van der Waals surface area contributed by atoms with E-state index in [0.717, 1.165) is 50.9 Å². The van der Waals surface area contributed by atoms with Gasteiger partial charge in [-0.25, -0.2) is 9.78 Å². The predicted octanol–water partition coefficient (Wildman–Crippen LogP) is 8.42. The van der Waals surface area contributed by atoms with Crippen LogP contribution in [0, 0.1) is 57.7 Å². The van der Waals surface area contributed by atoms with Crippen LogP contribution >= 0.6 is 11.6 Å². The highest BCUT2D eigenvalue weighted by Gasteiger charge is 2.67. The summed E-state index contributed by atoms with van der Waals surface area (Å²) in [4.78, 5) is 35.1. The van der Waals surface area contributed by atoms with Gasteiger partial charge in [0.2, 0.25) is 0 Å². The lowest BCUT2D eigenvalue weighted by molar-refractivity contribution is -0.199. The number of nitrogens with zero attached hydrogens (tertiary/aromatic N) is 4. The van der Waals surface area contributed by atoms with Gasteiger partial charge in [0.25, 0.3) is 5.91 Å². The number of likely N-dealkylation sites (tertiary alicyclic amines) is 1. The van der Waals surface area contributed by atoms with E-state index in [0.29, 0.717) is 57.8 Å². The quantitative estimate of drug-likeness (QED) is 0.234. The summed E-state index contributed by atoms with van der Waals surface area (Å²) in [6.07, 6.45) is 7.64. The molecular formula is C42H49ClN4O4. The van der Waals surface area contributed by atoms with Crippen LogP contribution < -0.4 is 4.74 Å². The van der Waals surface area contributed by atoms with Gasteiger partial charge in [-0.3, -0.25) is 4.79 Å². The average molecular weight is 709 g/mol. The molecule has 2 amide bonds. The first-order valence-corrected chi connectivity index (χ1v) is 18.8. The van der Waals surface area contributed by atoms with Crippen molar-refractivity contribution >= 4 is 23.6 Å². The fourth-order valence-corrected chi connectivity index (χ4v) is 10.1. The lowest BCUT2D eigenvalue weighted by Crippen LogP contribution is -2.74. The van der Waals surface area contributed by atoms with E-state index >= 15 is 0 Å². The van der Waals surface area contributed by atoms with Gasteiger partial charge in [0.05, 0.1) is 28.4 Å². The highest BCUT2D eigenvalue weighted by atomic mass is 35.5. The number of hydrogen-bond acceptors (Lipinski definition) is 6. The lowest BCUT2D eigenvalue weighted by Gasteiger charge is -2.65. The van der Waals surface area contributed by atoms with Crippen LogP contribution in [0.2, 0.25) is 5.02 Å². The molecule has 0 bridgehead atoms. The largest absolute Gasteiger partial charge is 0.489 e. The third kappa shape index (κ3) is 6.73. The summed E-state index contributed by atoms with van der Waals surface area (Å²) in [6.45, 7) is 16.4. The summed E-state index contributed by atoms with van der Waals surface area (Å²) < 4.78 is 12.1. The molecular weight excluding hydrogens is 660 g/mol. The minimum atomic E-state index is -0.464. The van der Waals surface area contributed by atoms with Gasteiger partial charge in [0.1, 0.15) is 29.2 Å². The molecule has 51 heavy (non-hydrogen) atoms.